The third-order valence-electron chi connectivity index (χ3n) is 3.07. The van der Waals surface area contributed by atoms with Crippen molar-refractivity contribution in [2.24, 2.45) is 5.92 Å². The van der Waals surface area contributed by atoms with Gasteiger partial charge < -0.3 is 5.73 Å². The summed E-state index contributed by atoms with van der Waals surface area (Å²) in [7, 11) is 0. The zero-order valence-electron chi connectivity index (χ0n) is 10.3. The topological polar surface area (TPSA) is 67.6 Å². The fourth-order valence-electron chi connectivity index (χ4n) is 1.87. The van der Waals surface area contributed by atoms with E-state index in [9.17, 15) is 0 Å². The maximum absolute atomic E-state index is 5.92. The number of H-pyrrole nitrogens is 1. The van der Waals surface area contributed by atoms with E-state index < -0.39 is 0 Å². The highest BCUT2D eigenvalue weighted by Crippen LogP contribution is 2.28. The number of aromatic nitrogens is 3. The van der Waals surface area contributed by atoms with Crippen molar-refractivity contribution < 1.29 is 0 Å². The van der Waals surface area contributed by atoms with Crippen molar-refractivity contribution in [1.29, 1.82) is 0 Å². The van der Waals surface area contributed by atoms with Crippen molar-refractivity contribution in [2.45, 2.75) is 26.7 Å². The van der Waals surface area contributed by atoms with Crippen LogP contribution in [0, 0.1) is 5.92 Å². The second-order valence-corrected chi connectivity index (χ2v) is 4.42. The molecule has 0 spiro atoms. The van der Waals surface area contributed by atoms with Crippen LogP contribution in [0.5, 0.6) is 0 Å². The summed E-state index contributed by atoms with van der Waals surface area (Å²) in [5.41, 5.74) is 9.05. The van der Waals surface area contributed by atoms with Crippen molar-refractivity contribution in [3.8, 4) is 11.1 Å². The van der Waals surface area contributed by atoms with Gasteiger partial charge >= 0.3 is 0 Å². The molecule has 0 aliphatic carbocycles. The van der Waals surface area contributed by atoms with E-state index in [1.807, 2.05) is 18.3 Å². The molecule has 2 rings (SSSR count). The van der Waals surface area contributed by atoms with Crippen LogP contribution in [0.4, 0.5) is 5.82 Å². The van der Waals surface area contributed by atoms with E-state index in [1.165, 1.54) is 0 Å². The van der Waals surface area contributed by atoms with Crippen molar-refractivity contribution in [1.82, 2.24) is 15.2 Å². The molecule has 3 N–H and O–H groups in total. The summed E-state index contributed by atoms with van der Waals surface area (Å²) in [6.45, 7) is 4.41. The molecular formula is C13H18N4. The molecule has 0 aliphatic rings. The van der Waals surface area contributed by atoms with Crippen LogP contribution in [0.25, 0.3) is 11.1 Å². The monoisotopic (exact) mass is 230 g/mol. The fourth-order valence-corrected chi connectivity index (χ4v) is 1.87. The molecular weight excluding hydrogens is 212 g/mol. The zero-order valence-corrected chi connectivity index (χ0v) is 10.3. The van der Waals surface area contributed by atoms with Gasteiger partial charge in [-0.25, -0.2) is 0 Å². The number of nitrogens with one attached hydrogen (secondary N) is 1. The van der Waals surface area contributed by atoms with E-state index in [-0.39, 0.29) is 0 Å². The minimum Gasteiger partial charge on any atom is -0.382 e. The smallest absolute Gasteiger partial charge is 0.153 e. The fraction of sp³-hybridized carbons (Fsp3) is 0.385. The first-order valence-corrected chi connectivity index (χ1v) is 5.95. The van der Waals surface area contributed by atoms with E-state index in [0.717, 1.165) is 29.7 Å². The van der Waals surface area contributed by atoms with Crippen LogP contribution in [0.15, 0.2) is 24.5 Å². The summed E-state index contributed by atoms with van der Waals surface area (Å²) in [4.78, 5) is 4.12. The van der Waals surface area contributed by atoms with Crippen LogP contribution >= 0.6 is 0 Å². The average Bonchev–Trinajstić information content (AvgIpc) is 2.71. The maximum Gasteiger partial charge on any atom is 0.153 e. The first-order chi connectivity index (χ1) is 8.22. The number of anilines is 1. The SMILES string of the molecule is CCC(C)Cc1[nH]nc(N)c1-c1cccnc1. The number of nitrogens with two attached hydrogens (primary N) is 1. The summed E-state index contributed by atoms with van der Waals surface area (Å²) in [6.07, 6.45) is 5.69. The van der Waals surface area contributed by atoms with Gasteiger partial charge in [0.05, 0.1) is 0 Å². The van der Waals surface area contributed by atoms with Crippen LogP contribution in [-0.4, -0.2) is 15.2 Å². The number of nitrogens with zero attached hydrogens (tertiary/aromatic N) is 2. The lowest BCUT2D eigenvalue weighted by atomic mass is 9.98. The number of aromatic amines is 1. The third kappa shape index (κ3) is 2.46. The summed E-state index contributed by atoms with van der Waals surface area (Å²) in [5, 5.41) is 7.14. The second kappa shape index (κ2) is 4.99. The molecule has 2 aromatic heterocycles. The third-order valence-corrected chi connectivity index (χ3v) is 3.07. The van der Waals surface area contributed by atoms with Crippen molar-refractivity contribution >= 4 is 5.82 Å². The Kier molecular flexibility index (Phi) is 3.42. The molecule has 0 saturated carbocycles. The standard InChI is InChI=1S/C13H18N4/c1-3-9(2)7-11-12(13(14)17-16-11)10-5-4-6-15-8-10/h4-6,8-9H,3,7H2,1-2H3,(H3,14,16,17). The summed E-state index contributed by atoms with van der Waals surface area (Å²) < 4.78 is 0. The lowest BCUT2D eigenvalue weighted by Crippen LogP contribution is -2.00. The van der Waals surface area contributed by atoms with E-state index in [4.69, 9.17) is 5.73 Å². The van der Waals surface area contributed by atoms with Gasteiger partial charge in [-0.3, -0.25) is 10.1 Å². The van der Waals surface area contributed by atoms with Crippen LogP contribution in [0.3, 0.4) is 0 Å². The zero-order chi connectivity index (χ0) is 12.3. The van der Waals surface area contributed by atoms with Gasteiger partial charge in [0.15, 0.2) is 5.82 Å². The molecule has 2 heterocycles. The van der Waals surface area contributed by atoms with Crippen molar-refractivity contribution in [3.05, 3.63) is 30.2 Å². The van der Waals surface area contributed by atoms with E-state index in [2.05, 4.69) is 29.0 Å². The molecule has 0 bridgehead atoms. The largest absolute Gasteiger partial charge is 0.382 e. The van der Waals surface area contributed by atoms with Crippen LogP contribution in [0.2, 0.25) is 0 Å². The molecule has 0 aliphatic heterocycles. The normalized spacial score (nSPS) is 12.6. The Morgan fingerprint density at radius 3 is 2.94 bits per heavy atom. The molecule has 0 aromatic carbocycles. The molecule has 0 saturated heterocycles. The van der Waals surface area contributed by atoms with Crippen LogP contribution in [-0.2, 0) is 6.42 Å². The van der Waals surface area contributed by atoms with E-state index >= 15 is 0 Å². The summed E-state index contributed by atoms with van der Waals surface area (Å²) >= 11 is 0. The molecule has 0 amide bonds. The minimum atomic E-state index is 0.552. The number of nitrogen functional groups attached to an aromatic ring is 1. The maximum atomic E-state index is 5.92. The van der Waals surface area contributed by atoms with Crippen molar-refractivity contribution in [2.75, 3.05) is 5.73 Å². The number of pyridine rings is 1. The van der Waals surface area contributed by atoms with Gasteiger partial charge in [-0.2, -0.15) is 5.10 Å². The van der Waals surface area contributed by atoms with Gasteiger partial charge in [0.2, 0.25) is 0 Å². The first-order valence-electron chi connectivity index (χ1n) is 5.95. The molecule has 4 heteroatoms. The van der Waals surface area contributed by atoms with Crippen molar-refractivity contribution in [3.63, 3.8) is 0 Å². The Labute approximate surface area is 101 Å². The van der Waals surface area contributed by atoms with Gasteiger partial charge in [0, 0.05) is 29.2 Å². The molecule has 17 heavy (non-hydrogen) atoms. The first kappa shape index (κ1) is 11.6. The van der Waals surface area contributed by atoms with E-state index in [0.29, 0.717) is 11.7 Å². The lowest BCUT2D eigenvalue weighted by Gasteiger charge is -2.08. The van der Waals surface area contributed by atoms with Gasteiger partial charge in [0.1, 0.15) is 0 Å². The van der Waals surface area contributed by atoms with Crippen LogP contribution in [0.1, 0.15) is 26.0 Å². The Balaban J connectivity index is 2.36. The number of hydrogen-bond acceptors (Lipinski definition) is 3. The average molecular weight is 230 g/mol. The number of rotatable bonds is 4. The minimum absolute atomic E-state index is 0.552. The molecule has 1 atom stereocenters. The molecule has 1 unspecified atom stereocenters. The van der Waals surface area contributed by atoms with Gasteiger partial charge in [0.25, 0.3) is 0 Å². The number of hydrogen-bond donors (Lipinski definition) is 2. The van der Waals surface area contributed by atoms with Gasteiger partial charge in [-0.15, -0.1) is 0 Å². The molecule has 0 fully saturated rings. The molecule has 4 nitrogen and oxygen atoms in total. The predicted molar refractivity (Wildman–Crippen MR) is 69.4 cm³/mol. The lowest BCUT2D eigenvalue weighted by molar-refractivity contribution is 0.552. The summed E-state index contributed by atoms with van der Waals surface area (Å²) in [5.74, 6) is 1.17. The highest BCUT2D eigenvalue weighted by Gasteiger charge is 2.14. The highest BCUT2D eigenvalue weighted by molar-refractivity contribution is 5.75. The Morgan fingerprint density at radius 2 is 2.29 bits per heavy atom. The Morgan fingerprint density at radius 1 is 1.47 bits per heavy atom. The van der Waals surface area contributed by atoms with Crippen LogP contribution < -0.4 is 5.73 Å². The van der Waals surface area contributed by atoms with Gasteiger partial charge in [-0.05, 0) is 18.4 Å². The molecule has 0 radical (unpaired) electrons. The predicted octanol–water partition coefficient (Wildman–Crippen LogP) is 2.64. The quantitative estimate of drug-likeness (QED) is 0.848. The Bertz CT molecular complexity index is 475. The van der Waals surface area contributed by atoms with E-state index in [1.54, 1.807) is 6.20 Å². The molecule has 90 valence electrons. The Hall–Kier alpha value is -1.84. The highest BCUT2D eigenvalue weighted by atomic mass is 15.2. The second-order valence-electron chi connectivity index (χ2n) is 4.42. The summed E-state index contributed by atoms with van der Waals surface area (Å²) in [6, 6.07) is 3.92. The van der Waals surface area contributed by atoms with Gasteiger partial charge in [-0.1, -0.05) is 26.3 Å². The molecule has 2 aromatic rings.